The van der Waals surface area contributed by atoms with Crippen molar-refractivity contribution in [2.45, 2.75) is 6.92 Å². The van der Waals surface area contributed by atoms with E-state index in [1.165, 1.54) is 0 Å². The predicted molar refractivity (Wildman–Crippen MR) is 47.1 cm³/mol. The molecule has 1 rings (SSSR count). The van der Waals surface area contributed by atoms with Gasteiger partial charge in [-0.3, -0.25) is 4.98 Å². The van der Waals surface area contributed by atoms with E-state index in [1.54, 1.807) is 6.20 Å². The van der Waals surface area contributed by atoms with Gasteiger partial charge in [-0.15, -0.1) is 0 Å². The highest BCUT2D eigenvalue weighted by molar-refractivity contribution is 5.66. The van der Waals surface area contributed by atoms with Gasteiger partial charge in [0.25, 0.3) is 0 Å². The number of aromatic nitrogens is 1. The van der Waals surface area contributed by atoms with Crippen molar-refractivity contribution in [2.24, 2.45) is 5.73 Å². The quantitative estimate of drug-likeness (QED) is 0.687. The van der Waals surface area contributed by atoms with Gasteiger partial charge in [0.15, 0.2) is 0 Å². The summed E-state index contributed by atoms with van der Waals surface area (Å²) in [5.74, 6) is 0. The number of nitrogens with two attached hydrogens (primary N) is 1. The van der Waals surface area contributed by atoms with Crippen LogP contribution in [0.1, 0.15) is 11.1 Å². The summed E-state index contributed by atoms with van der Waals surface area (Å²) in [6, 6.07) is 1.94. The average Bonchev–Trinajstić information content (AvgIpc) is 2.04. The zero-order chi connectivity index (χ0) is 8.27. The molecule has 0 unspecified atom stereocenters. The molecule has 0 aromatic carbocycles. The third-order valence-corrected chi connectivity index (χ3v) is 1.65. The van der Waals surface area contributed by atoms with Gasteiger partial charge >= 0.3 is 0 Å². The van der Waals surface area contributed by atoms with E-state index in [0.29, 0.717) is 6.54 Å². The Morgan fingerprint density at radius 2 is 2.45 bits per heavy atom. The normalized spacial score (nSPS) is 9.64. The maximum atomic E-state index is 5.45. The molecular weight excluding hydrogens is 136 g/mol. The van der Waals surface area contributed by atoms with Crippen LogP contribution >= 0.6 is 0 Å². The molecule has 0 aliphatic rings. The second-order valence-electron chi connectivity index (χ2n) is 2.50. The molecule has 0 spiro atoms. The van der Waals surface area contributed by atoms with E-state index >= 15 is 0 Å². The number of pyridine rings is 1. The van der Waals surface area contributed by atoms with Crippen LogP contribution in [0, 0.1) is 6.92 Å². The Labute approximate surface area is 66.8 Å². The molecule has 0 radical (unpaired) electrons. The fourth-order valence-electron chi connectivity index (χ4n) is 0.980. The first kappa shape index (κ1) is 7.95. The van der Waals surface area contributed by atoms with Gasteiger partial charge in [0.1, 0.15) is 0 Å². The molecule has 1 aromatic heterocycles. The Morgan fingerprint density at radius 1 is 1.73 bits per heavy atom. The topological polar surface area (TPSA) is 38.9 Å². The van der Waals surface area contributed by atoms with Crippen LogP contribution in [-0.2, 0) is 0 Å². The summed E-state index contributed by atoms with van der Waals surface area (Å²) < 4.78 is 0. The van der Waals surface area contributed by atoms with Gasteiger partial charge in [-0.05, 0) is 29.7 Å². The zero-order valence-corrected chi connectivity index (χ0v) is 6.67. The number of hydrogen-bond donors (Lipinski definition) is 1. The van der Waals surface area contributed by atoms with Crippen LogP contribution in [0.5, 0.6) is 0 Å². The van der Waals surface area contributed by atoms with Crippen LogP contribution in [0.4, 0.5) is 0 Å². The molecule has 1 aromatic rings. The molecular formula is C9H12N2. The highest BCUT2D eigenvalue weighted by Gasteiger charge is 1.98. The Hall–Kier alpha value is -1.15. The van der Waals surface area contributed by atoms with Crippen molar-refractivity contribution >= 4 is 5.57 Å². The fraction of sp³-hybridized carbons (Fsp3) is 0.222. The summed E-state index contributed by atoms with van der Waals surface area (Å²) in [7, 11) is 0. The monoisotopic (exact) mass is 148 g/mol. The SMILES string of the molecule is C=C(CN)c1ccncc1C. The summed E-state index contributed by atoms with van der Waals surface area (Å²) in [5.41, 5.74) is 8.66. The first-order valence-corrected chi connectivity index (χ1v) is 3.54. The summed E-state index contributed by atoms with van der Waals surface area (Å²) in [6.45, 7) is 6.36. The second-order valence-corrected chi connectivity index (χ2v) is 2.50. The number of hydrogen-bond acceptors (Lipinski definition) is 2. The van der Waals surface area contributed by atoms with E-state index < -0.39 is 0 Å². The Morgan fingerprint density at radius 3 is 3.00 bits per heavy atom. The summed E-state index contributed by atoms with van der Waals surface area (Å²) in [5, 5.41) is 0. The lowest BCUT2D eigenvalue weighted by Crippen LogP contribution is -2.02. The third-order valence-electron chi connectivity index (χ3n) is 1.65. The van der Waals surface area contributed by atoms with Crippen molar-refractivity contribution in [3.63, 3.8) is 0 Å². The van der Waals surface area contributed by atoms with Crippen LogP contribution in [0.15, 0.2) is 25.0 Å². The van der Waals surface area contributed by atoms with Crippen molar-refractivity contribution in [2.75, 3.05) is 6.54 Å². The number of nitrogens with zero attached hydrogens (tertiary/aromatic N) is 1. The molecule has 11 heavy (non-hydrogen) atoms. The van der Waals surface area contributed by atoms with E-state index in [4.69, 9.17) is 5.73 Å². The van der Waals surface area contributed by atoms with Crippen molar-refractivity contribution in [1.29, 1.82) is 0 Å². The number of rotatable bonds is 2. The van der Waals surface area contributed by atoms with Crippen LogP contribution in [-0.4, -0.2) is 11.5 Å². The largest absolute Gasteiger partial charge is 0.326 e. The molecule has 2 heteroatoms. The van der Waals surface area contributed by atoms with E-state index in [2.05, 4.69) is 11.6 Å². The molecule has 0 saturated heterocycles. The first-order valence-electron chi connectivity index (χ1n) is 3.54. The lowest BCUT2D eigenvalue weighted by molar-refractivity contribution is 1.21. The maximum Gasteiger partial charge on any atom is 0.0303 e. The molecule has 0 aliphatic heterocycles. The third kappa shape index (κ3) is 1.65. The number of aryl methyl sites for hydroxylation is 1. The molecule has 0 aliphatic carbocycles. The molecule has 2 nitrogen and oxygen atoms in total. The average molecular weight is 148 g/mol. The fourth-order valence-corrected chi connectivity index (χ4v) is 0.980. The van der Waals surface area contributed by atoms with Crippen LogP contribution < -0.4 is 5.73 Å². The lowest BCUT2D eigenvalue weighted by atomic mass is 10.1. The first-order chi connectivity index (χ1) is 5.25. The summed E-state index contributed by atoms with van der Waals surface area (Å²) >= 11 is 0. The van der Waals surface area contributed by atoms with E-state index in [1.807, 2.05) is 19.2 Å². The van der Waals surface area contributed by atoms with Gasteiger partial charge in [0, 0.05) is 18.9 Å². The Bertz CT molecular complexity index is 266. The summed E-state index contributed by atoms with van der Waals surface area (Å²) in [4.78, 5) is 3.98. The minimum absolute atomic E-state index is 0.505. The maximum absolute atomic E-state index is 5.45. The van der Waals surface area contributed by atoms with Crippen molar-refractivity contribution < 1.29 is 0 Å². The predicted octanol–water partition coefficient (Wildman–Crippen LogP) is 1.36. The minimum atomic E-state index is 0.505. The van der Waals surface area contributed by atoms with Gasteiger partial charge in [-0.25, -0.2) is 0 Å². The van der Waals surface area contributed by atoms with Gasteiger partial charge in [0.2, 0.25) is 0 Å². The van der Waals surface area contributed by atoms with Crippen molar-refractivity contribution in [3.05, 3.63) is 36.2 Å². The van der Waals surface area contributed by atoms with E-state index in [9.17, 15) is 0 Å². The van der Waals surface area contributed by atoms with Crippen LogP contribution in [0.3, 0.4) is 0 Å². The molecule has 58 valence electrons. The minimum Gasteiger partial charge on any atom is -0.326 e. The van der Waals surface area contributed by atoms with E-state index in [-0.39, 0.29) is 0 Å². The molecule has 0 amide bonds. The summed E-state index contributed by atoms with van der Waals surface area (Å²) in [6.07, 6.45) is 3.57. The van der Waals surface area contributed by atoms with Gasteiger partial charge in [0.05, 0.1) is 0 Å². The second kappa shape index (κ2) is 3.30. The van der Waals surface area contributed by atoms with E-state index in [0.717, 1.165) is 16.7 Å². The molecule has 0 atom stereocenters. The van der Waals surface area contributed by atoms with Gasteiger partial charge in [-0.1, -0.05) is 6.58 Å². The van der Waals surface area contributed by atoms with Crippen LogP contribution in [0.2, 0.25) is 0 Å². The molecule has 2 N–H and O–H groups in total. The molecule has 0 saturated carbocycles. The Balaban J connectivity index is 3.03. The van der Waals surface area contributed by atoms with Crippen molar-refractivity contribution in [3.8, 4) is 0 Å². The molecule has 0 bridgehead atoms. The Kier molecular flexibility index (Phi) is 2.39. The van der Waals surface area contributed by atoms with Crippen LogP contribution in [0.25, 0.3) is 5.57 Å². The smallest absolute Gasteiger partial charge is 0.0303 e. The molecule has 1 heterocycles. The van der Waals surface area contributed by atoms with Crippen molar-refractivity contribution in [1.82, 2.24) is 4.98 Å². The lowest BCUT2D eigenvalue weighted by Gasteiger charge is -2.04. The highest BCUT2D eigenvalue weighted by Crippen LogP contribution is 2.13. The van der Waals surface area contributed by atoms with Gasteiger partial charge < -0.3 is 5.73 Å². The standard InChI is InChI=1S/C9H12N2/c1-7(5-10)9-3-4-11-6-8(9)2/h3-4,6H,1,5,10H2,2H3. The highest BCUT2D eigenvalue weighted by atomic mass is 14.6. The zero-order valence-electron chi connectivity index (χ0n) is 6.67. The molecule has 0 fully saturated rings. The van der Waals surface area contributed by atoms with Gasteiger partial charge in [-0.2, -0.15) is 0 Å².